The number of benzene rings is 1. The van der Waals surface area contributed by atoms with Gasteiger partial charge in [0.15, 0.2) is 5.69 Å². The van der Waals surface area contributed by atoms with Gasteiger partial charge in [-0.05, 0) is 37.7 Å². The third-order valence-corrected chi connectivity index (χ3v) is 8.91. The van der Waals surface area contributed by atoms with Crippen LogP contribution in [0.15, 0.2) is 29.2 Å². The number of carbonyl (C=O) groups excluding carboxylic acids is 1. The number of aromatic nitrogens is 2. The van der Waals surface area contributed by atoms with Crippen LogP contribution in [0.2, 0.25) is 0 Å². The molecule has 4 heterocycles. The van der Waals surface area contributed by atoms with Crippen molar-refractivity contribution in [1.29, 1.82) is 0 Å². The van der Waals surface area contributed by atoms with Crippen molar-refractivity contribution in [2.45, 2.75) is 42.4 Å². The Morgan fingerprint density at radius 3 is 2.44 bits per heavy atom. The van der Waals surface area contributed by atoms with Gasteiger partial charge in [-0.25, -0.2) is 0 Å². The molecule has 3 aliphatic heterocycles. The second-order valence-electron chi connectivity index (χ2n) is 9.90. The number of fused-ring (bicyclic) bond motifs is 3. The number of nitrogens with zero attached hydrogens (tertiary/aromatic N) is 4. The van der Waals surface area contributed by atoms with E-state index in [0.29, 0.717) is 38.0 Å². The molecule has 0 N–H and O–H groups in total. The first-order valence-electron chi connectivity index (χ1n) is 12.8. The van der Waals surface area contributed by atoms with Crippen molar-refractivity contribution >= 4 is 17.7 Å². The van der Waals surface area contributed by atoms with E-state index in [2.05, 4.69) is 33.8 Å². The lowest BCUT2D eigenvalue weighted by Crippen LogP contribution is -2.41. The van der Waals surface area contributed by atoms with E-state index in [9.17, 15) is 4.79 Å². The number of carbonyl (C=O) groups is 1. The molecule has 2 aromatic rings. The van der Waals surface area contributed by atoms with Gasteiger partial charge in [0.2, 0.25) is 0 Å². The van der Waals surface area contributed by atoms with Crippen molar-refractivity contribution in [1.82, 2.24) is 19.6 Å². The molecule has 3 fully saturated rings. The Labute approximate surface area is 205 Å². The molecule has 1 aromatic carbocycles. The van der Waals surface area contributed by atoms with Crippen LogP contribution in [0.1, 0.15) is 47.8 Å². The van der Waals surface area contributed by atoms with Crippen LogP contribution < -0.4 is 0 Å². The summed E-state index contributed by atoms with van der Waals surface area (Å²) >= 11 is 1.82. The normalized spacial score (nSPS) is 25.6. The Balaban J connectivity index is 1.26. The van der Waals surface area contributed by atoms with Gasteiger partial charge in [0, 0.05) is 54.5 Å². The Morgan fingerprint density at radius 2 is 1.68 bits per heavy atom. The fourth-order valence-corrected chi connectivity index (χ4v) is 6.97. The third kappa shape index (κ3) is 4.41. The minimum absolute atomic E-state index is 0.0688. The Bertz CT molecular complexity index is 1020. The first-order chi connectivity index (χ1) is 16.8. The number of rotatable bonds is 4. The van der Waals surface area contributed by atoms with Crippen molar-refractivity contribution in [3.8, 4) is 11.3 Å². The van der Waals surface area contributed by atoms with Crippen LogP contribution in [0, 0.1) is 5.92 Å². The van der Waals surface area contributed by atoms with E-state index in [1.165, 1.54) is 35.5 Å². The van der Waals surface area contributed by atoms with Gasteiger partial charge in [0.05, 0.1) is 38.2 Å². The second kappa shape index (κ2) is 10.0. The number of thioether (sulfide) groups is 1. The van der Waals surface area contributed by atoms with E-state index < -0.39 is 0 Å². The maximum Gasteiger partial charge on any atom is 0.274 e. The van der Waals surface area contributed by atoms with Crippen LogP contribution in [-0.2, 0) is 15.2 Å². The number of morpholine rings is 2. The van der Waals surface area contributed by atoms with Gasteiger partial charge in [0.1, 0.15) is 0 Å². The monoisotopic (exact) mass is 482 g/mol. The number of amides is 1. The van der Waals surface area contributed by atoms with Crippen molar-refractivity contribution in [3.63, 3.8) is 0 Å². The molecule has 0 bridgehead atoms. The number of ether oxygens (including phenoxy) is 2. The summed E-state index contributed by atoms with van der Waals surface area (Å²) in [5.74, 6) is 1.63. The van der Waals surface area contributed by atoms with E-state index in [1.807, 2.05) is 16.7 Å². The highest BCUT2D eigenvalue weighted by molar-refractivity contribution is 7.98. The molecule has 7 nitrogen and oxygen atoms in total. The quantitative estimate of drug-likeness (QED) is 0.663. The molecule has 8 heteroatoms. The maximum absolute atomic E-state index is 13.5. The summed E-state index contributed by atoms with van der Waals surface area (Å²) in [7, 11) is 0. The zero-order valence-electron chi connectivity index (χ0n) is 19.8. The fraction of sp³-hybridized carbons (Fsp3) is 0.615. The van der Waals surface area contributed by atoms with Crippen molar-refractivity contribution in [2.75, 3.05) is 59.2 Å². The van der Waals surface area contributed by atoms with Crippen LogP contribution in [0.25, 0.3) is 11.3 Å². The predicted octanol–water partition coefficient (Wildman–Crippen LogP) is 3.69. The summed E-state index contributed by atoms with van der Waals surface area (Å²) in [6, 6.07) is 8.97. The molecule has 1 aromatic heterocycles. The molecule has 6 rings (SSSR count). The van der Waals surface area contributed by atoms with Crippen molar-refractivity contribution < 1.29 is 14.3 Å². The molecule has 1 saturated carbocycles. The highest BCUT2D eigenvalue weighted by Gasteiger charge is 2.34. The lowest BCUT2D eigenvalue weighted by atomic mass is 9.85. The van der Waals surface area contributed by atoms with Crippen LogP contribution in [0.5, 0.6) is 0 Å². The van der Waals surface area contributed by atoms with E-state index in [4.69, 9.17) is 14.6 Å². The number of hydrogen-bond acceptors (Lipinski definition) is 6. The summed E-state index contributed by atoms with van der Waals surface area (Å²) in [5.41, 5.74) is 4.20. The van der Waals surface area contributed by atoms with Crippen molar-refractivity contribution in [3.05, 3.63) is 35.5 Å². The summed E-state index contributed by atoms with van der Waals surface area (Å²) < 4.78 is 13.2. The molecular weight excluding hydrogens is 448 g/mol. The minimum atomic E-state index is 0.0688. The minimum Gasteiger partial charge on any atom is -0.379 e. The standard InChI is InChI=1S/C26H34N4O3S/c31-26(29-11-15-33-16-12-29)24-22-18-34-23-4-2-1-3-21(23)25(22)30(27-24)20-7-5-19(6-8-20)17-28-9-13-32-14-10-28/h1-4,19-20H,5-18H2. The predicted molar refractivity (Wildman–Crippen MR) is 132 cm³/mol. The Kier molecular flexibility index (Phi) is 6.65. The van der Waals surface area contributed by atoms with Crippen LogP contribution >= 0.6 is 11.8 Å². The van der Waals surface area contributed by atoms with Gasteiger partial charge in [0.25, 0.3) is 5.91 Å². The molecule has 0 spiro atoms. The van der Waals surface area contributed by atoms with Gasteiger partial charge in [-0.3, -0.25) is 14.4 Å². The highest BCUT2D eigenvalue weighted by atomic mass is 32.2. The van der Waals surface area contributed by atoms with Crippen LogP contribution in [-0.4, -0.2) is 84.6 Å². The first kappa shape index (κ1) is 22.6. The second-order valence-corrected chi connectivity index (χ2v) is 10.9. The molecule has 0 unspecified atom stereocenters. The summed E-state index contributed by atoms with van der Waals surface area (Å²) in [5, 5.41) is 5.07. The van der Waals surface area contributed by atoms with Crippen LogP contribution in [0.4, 0.5) is 0 Å². The molecule has 182 valence electrons. The van der Waals surface area contributed by atoms with Gasteiger partial charge >= 0.3 is 0 Å². The van der Waals surface area contributed by atoms with Gasteiger partial charge in [-0.2, -0.15) is 5.10 Å². The van der Waals surface area contributed by atoms with Gasteiger partial charge in [-0.1, -0.05) is 18.2 Å². The topological polar surface area (TPSA) is 59.8 Å². The van der Waals surface area contributed by atoms with E-state index in [-0.39, 0.29) is 5.91 Å². The molecule has 1 aliphatic carbocycles. The fourth-order valence-electron chi connectivity index (χ4n) is 5.90. The molecule has 1 amide bonds. The van der Waals surface area contributed by atoms with Crippen molar-refractivity contribution in [2.24, 2.45) is 5.92 Å². The highest BCUT2D eigenvalue weighted by Crippen LogP contribution is 2.45. The molecule has 2 saturated heterocycles. The molecule has 0 atom stereocenters. The summed E-state index contributed by atoms with van der Waals surface area (Å²) in [6.07, 6.45) is 4.70. The Hall–Kier alpha value is -1.87. The molecule has 4 aliphatic rings. The largest absolute Gasteiger partial charge is 0.379 e. The first-order valence-corrected chi connectivity index (χ1v) is 13.8. The van der Waals surface area contributed by atoms with Crippen LogP contribution in [0.3, 0.4) is 0 Å². The zero-order valence-corrected chi connectivity index (χ0v) is 20.6. The third-order valence-electron chi connectivity index (χ3n) is 7.81. The van der Waals surface area contributed by atoms with E-state index in [1.54, 1.807) is 0 Å². The van der Waals surface area contributed by atoms with Gasteiger partial charge in [-0.15, -0.1) is 11.8 Å². The molecule has 0 radical (unpaired) electrons. The zero-order chi connectivity index (χ0) is 22.9. The smallest absolute Gasteiger partial charge is 0.274 e. The van der Waals surface area contributed by atoms with E-state index >= 15 is 0 Å². The number of hydrogen-bond donors (Lipinski definition) is 0. The lowest BCUT2D eigenvalue weighted by molar-refractivity contribution is 0.0263. The molecular formula is C26H34N4O3S. The lowest BCUT2D eigenvalue weighted by Gasteiger charge is -2.35. The average molecular weight is 483 g/mol. The average Bonchev–Trinajstić information content (AvgIpc) is 3.30. The maximum atomic E-state index is 13.5. The SMILES string of the molecule is O=C(c1nn(C2CCC(CN3CCOCC3)CC2)c2c1CSc1ccccc1-2)N1CCOCC1. The molecule has 34 heavy (non-hydrogen) atoms. The van der Waals surface area contributed by atoms with E-state index in [0.717, 1.165) is 56.4 Å². The van der Waals surface area contributed by atoms with Gasteiger partial charge < -0.3 is 14.4 Å². The summed E-state index contributed by atoms with van der Waals surface area (Å²) in [6.45, 7) is 7.57. The summed E-state index contributed by atoms with van der Waals surface area (Å²) in [4.78, 5) is 19.3. The Morgan fingerprint density at radius 1 is 0.971 bits per heavy atom.